The smallest absolute Gasteiger partial charge is 0.419 e. The highest BCUT2D eigenvalue weighted by Gasteiger charge is 2.12. The van der Waals surface area contributed by atoms with Gasteiger partial charge >= 0.3 is 5.76 Å². The van der Waals surface area contributed by atoms with Gasteiger partial charge < -0.3 is 14.2 Å². The van der Waals surface area contributed by atoms with E-state index in [4.69, 9.17) is 8.83 Å². The average Bonchev–Trinajstić information content (AvgIpc) is 3.18. The number of hydrogen-bond donors (Lipinski definition) is 1. The highest BCUT2D eigenvalue weighted by atomic mass is 16.4. The van der Waals surface area contributed by atoms with Crippen LogP contribution in [0, 0.1) is 13.8 Å². The Labute approximate surface area is 160 Å². The summed E-state index contributed by atoms with van der Waals surface area (Å²) < 4.78 is 12.3. The average molecular weight is 377 g/mol. The van der Waals surface area contributed by atoms with Crippen LogP contribution in [0.5, 0.6) is 0 Å². The van der Waals surface area contributed by atoms with Crippen molar-refractivity contribution >= 4 is 22.7 Å². The number of para-hydroxylation sites is 2. The Morgan fingerprint density at radius 3 is 2.71 bits per heavy atom. The van der Waals surface area contributed by atoms with Crippen molar-refractivity contribution in [3.05, 3.63) is 70.5 Å². The zero-order valence-electron chi connectivity index (χ0n) is 15.6. The first-order valence-corrected chi connectivity index (χ1v) is 8.94. The van der Waals surface area contributed by atoms with Crippen LogP contribution in [0.1, 0.15) is 17.9 Å². The lowest BCUT2D eigenvalue weighted by atomic mass is 10.2. The largest absolute Gasteiger partial charge is 0.441 e. The molecule has 0 saturated heterocycles. The van der Waals surface area contributed by atoms with E-state index in [2.05, 4.69) is 10.3 Å². The van der Waals surface area contributed by atoms with Crippen LogP contribution in [0.3, 0.4) is 0 Å². The predicted octanol–water partition coefficient (Wildman–Crippen LogP) is 3.90. The SMILES string of the molecule is Cc1nc(-c2cccc(NC(=O)CCn3c(=O)oc4ccccc43)c2)oc1C. The van der Waals surface area contributed by atoms with Gasteiger partial charge in [0.15, 0.2) is 5.58 Å². The zero-order chi connectivity index (χ0) is 19.7. The summed E-state index contributed by atoms with van der Waals surface area (Å²) in [6.07, 6.45) is 0.144. The van der Waals surface area contributed by atoms with Crippen molar-refractivity contribution in [1.29, 1.82) is 0 Å². The molecule has 0 atom stereocenters. The minimum Gasteiger partial charge on any atom is -0.441 e. The number of benzene rings is 2. The third kappa shape index (κ3) is 3.46. The van der Waals surface area contributed by atoms with E-state index in [1.165, 1.54) is 4.57 Å². The Kier molecular flexibility index (Phi) is 4.57. The van der Waals surface area contributed by atoms with E-state index in [0.29, 0.717) is 22.7 Å². The molecule has 2 aromatic heterocycles. The number of hydrogen-bond acceptors (Lipinski definition) is 5. The first kappa shape index (κ1) is 17.8. The molecular weight excluding hydrogens is 358 g/mol. The van der Waals surface area contributed by atoms with E-state index in [9.17, 15) is 9.59 Å². The number of oxazole rings is 2. The predicted molar refractivity (Wildman–Crippen MR) is 105 cm³/mol. The monoisotopic (exact) mass is 377 g/mol. The van der Waals surface area contributed by atoms with Crippen LogP contribution in [0.25, 0.3) is 22.6 Å². The quantitative estimate of drug-likeness (QED) is 0.570. The van der Waals surface area contributed by atoms with Crippen LogP contribution in [0.15, 0.2) is 62.2 Å². The van der Waals surface area contributed by atoms with Gasteiger partial charge in [-0.15, -0.1) is 0 Å². The molecule has 1 N–H and O–H groups in total. The number of aryl methyl sites for hydroxylation is 3. The molecule has 142 valence electrons. The van der Waals surface area contributed by atoms with Crippen molar-refractivity contribution in [3.8, 4) is 11.5 Å². The molecule has 4 aromatic rings. The fraction of sp³-hybridized carbons (Fsp3) is 0.190. The second-order valence-electron chi connectivity index (χ2n) is 6.53. The first-order valence-electron chi connectivity index (χ1n) is 8.94. The maximum atomic E-state index is 12.4. The summed E-state index contributed by atoms with van der Waals surface area (Å²) in [5, 5.41) is 2.85. The first-order chi connectivity index (χ1) is 13.5. The van der Waals surface area contributed by atoms with E-state index in [0.717, 1.165) is 17.0 Å². The minimum absolute atomic E-state index is 0.144. The molecule has 0 radical (unpaired) electrons. The molecule has 0 bridgehead atoms. The lowest BCUT2D eigenvalue weighted by Gasteiger charge is -2.07. The Morgan fingerprint density at radius 1 is 1.11 bits per heavy atom. The molecule has 0 aliphatic heterocycles. The van der Waals surface area contributed by atoms with E-state index in [1.807, 2.05) is 38.1 Å². The van der Waals surface area contributed by atoms with Crippen LogP contribution in [-0.4, -0.2) is 15.5 Å². The van der Waals surface area contributed by atoms with Crippen molar-refractivity contribution in [2.24, 2.45) is 0 Å². The molecule has 0 unspecified atom stereocenters. The van der Waals surface area contributed by atoms with Gasteiger partial charge in [0.2, 0.25) is 11.8 Å². The molecule has 0 aliphatic rings. The standard InChI is InChI=1S/C21H19N3O4/c1-13-14(2)27-20(22-13)15-6-5-7-16(12-15)23-19(25)10-11-24-17-8-3-4-9-18(17)28-21(24)26/h3-9,12H,10-11H2,1-2H3,(H,23,25). The molecule has 7 heteroatoms. The normalized spacial score (nSPS) is 11.1. The summed E-state index contributed by atoms with van der Waals surface area (Å²) in [5.74, 6) is 0.615. The summed E-state index contributed by atoms with van der Waals surface area (Å²) in [5.41, 5.74) is 3.45. The molecule has 2 heterocycles. The van der Waals surface area contributed by atoms with E-state index in [1.54, 1.807) is 24.3 Å². The fourth-order valence-corrected chi connectivity index (χ4v) is 2.99. The van der Waals surface area contributed by atoms with Crippen LogP contribution in [0.4, 0.5) is 5.69 Å². The molecule has 2 aromatic carbocycles. The van der Waals surface area contributed by atoms with Gasteiger partial charge in [0.25, 0.3) is 0 Å². The molecule has 0 fully saturated rings. The topological polar surface area (TPSA) is 90.3 Å². The molecule has 0 saturated carbocycles. The molecule has 0 spiro atoms. The number of fused-ring (bicyclic) bond motifs is 1. The van der Waals surface area contributed by atoms with Gasteiger partial charge in [-0.05, 0) is 44.2 Å². The van der Waals surface area contributed by atoms with E-state index < -0.39 is 5.76 Å². The molecule has 0 aliphatic carbocycles. The number of amides is 1. The lowest BCUT2D eigenvalue weighted by Crippen LogP contribution is -2.19. The van der Waals surface area contributed by atoms with Gasteiger partial charge in [-0.3, -0.25) is 9.36 Å². The van der Waals surface area contributed by atoms with Crippen LogP contribution >= 0.6 is 0 Å². The number of carbonyl (C=O) groups is 1. The number of anilines is 1. The van der Waals surface area contributed by atoms with Crippen molar-refractivity contribution in [3.63, 3.8) is 0 Å². The summed E-state index contributed by atoms with van der Waals surface area (Å²) in [7, 11) is 0. The van der Waals surface area contributed by atoms with Crippen molar-refractivity contribution < 1.29 is 13.6 Å². The number of nitrogens with zero attached hydrogens (tertiary/aromatic N) is 2. The molecular formula is C21H19N3O4. The Morgan fingerprint density at radius 2 is 1.93 bits per heavy atom. The van der Waals surface area contributed by atoms with Crippen LogP contribution < -0.4 is 11.1 Å². The second-order valence-corrected chi connectivity index (χ2v) is 6.53. The van der Waals surface area contributed by atoms with Gasteiger partial charge in [0, 0.05) is 24.2 Å². The van der Waals surface area contributed by atoms with Crippen molar-refractivity contribution in [1.82, 2.24) is 9.55 Å². The highest BCUT2D eigenvalue weighted by molar-refractivity contribution is 5.91. The minimum atomic E-state index is -0.467. The maximum Gasteiger partial charge on any atom is 0.419 e. The zero-order valence-corrected chi connectivity index (χ0v) is 15.6. The summed E-state index contributed by atoms with van der Waals surface area (Å²) >= 11 is 0. The highest BCUT2D eigenvalue weighted by Crippen LogP contribution is 2.24. The molecule has 4 rings (SSSR count). The van der Waals surface area contributed by atoms with Crippen LogP contribution in [0.2, 0.25) is 0 Å². The van der Waals surface area contributed by atoms with Gasteiger partial charge in [0.1, 0.15) is 5.76 Å². The molecule has 28 heavy (non-hydrogen) atoms. The summed E-state index contributed by atoms with van der Waals surface area (Å²) in [4.78, 5) is 28.7. The number of aromatic nitrogens is 2. The second kappa shape index (κ2) is 7.19. The van der Waals surface area contributed by atoms with Crippen molar-refractivity contribution in [2.45, 2.75) is 26.8 Å². The third-order valence-corrected chi connectivity index (χ3v) is 4.56. The van der Waals surface area contributed by atoms with E-state index >= 15 is 0 Å². The molecule has 7 nitrogen and oxygen atoms in total. The van der Waals surface area contributed by atoms with Gasteiger partial charge in [0.05, 0.1) is 11.2 Å². The van der Waals surface area contributed by atoms with Gasteiger partial charge in [-0.25, -0.2) is 9.78 Å². The Balaban J connectivity index is 1.46. The third-order valence-electron chi connectivity index (χ3n) is 4.56. The molecule has 1 amide bonds. The summed E-state index contributed by atoms with van der Waals surface area (Å²) in [6, 6.07) is 14.4. The number of nitrogens with one attached hydrogen (secondary N) is 1. The van der Waals surface area contributed by atoms with E-state index in [-0.39, 0.29) is 18.9 Å². The van der Waals surface area contributed by atoms with Crippen molar-refractivity contribution in [2.75, 3.05) is 5.32 Å². The van der Waals surface area contributed by atoms with Gasteiger partial charge in [-0.2, -0.15) is 0 Å². The van der Waals surface area contributed by atoms with Crippen LogP contribution in [-0.2, 0) is 11.3 Å². The lowest BCUT2D eigenvalue weighted by molar-refractivity contribution is -0.116. The maximum absolute atomic E-state index is 12.4. The Hall–Kier alpha value is -3.61. The number of rotatable bonds is 5. The number of carbonyl (C=O) groups excluding carboxylic acids is 1. The summed E-state index contributed by atoms with van der Waals surface area (Å²) in [6.45, 7) is 3.98. The Bertz CT molecular complexity index is 1200. The fourth-order valence-electron chi connectivity index (χ4n) is 2.99. The van der Waals surface area contributed by atoms with Gasteiger partial charge in [-0.1, -0.05) is 18.2 Å².